The SMILES string of the molecule is [2H]C([2H])([2H])CC(C)COC(=O)CCCCCC. The number of carbonyl (C=O) groups is 1. The Kier molecular flexibility index (Phi) is 5.65. The lowest BCUT2D eigenvalue weighted by molar-refractivity contribution is -0.145. The van der Waals surface area contributed by atoms with Gasteiger partial charge in [0.05, 0.1) is 6.61 Å². The topological polar surface area (TPSA) is 26.3 Å². The van der Waals surface area contributed by atoms with Crippen LogP contribution in [0.2, 0.25) is 0 Å². The van der Waals surface area contributed by atoms with E-state index in [4.69, 9.17) is 8.85 Å². The van der Waals surface area contributed by atoms with Crippen molar-refractivity contribution in [1.29, 1.82) is 0 Å². The highest BCUT2D eigenvalue weighted by atomic mass is 16.5. The predicted molar refractivity (Wildman–Crippen MR) is 59.2 cm³/mol. The van der Waals surface area contributed by atoms with Crippen LogP contribution in [0.4, 0.5) is 0 Å². The molecule has 0 aromatic rings. The van der Waals surface area contributed by atoms with Gasteiger partial charge in [0.25, 0.3) is 0 Å². The molecule has 1 unspecified atom stereocenters. The first kappa shape index (κ1) is 8.75. The number of esters is 1. The summed E-state index contributed by atoms with van der Waals surface area (Å²) in [6.07, 6.45) is 4.74. The number of carbonyl (C=O) groups excluding carboxylic acids is 1. The van der Waals surface area contributed by atoms with Gasteiger partial charge in [0.1, 0.15) is 0 Å². The normalized spacial score (nSPS) is 16.6. The van der Waals surface area contributed by atoms with Gasteiger partial charge >= 0.3 is 5.97 Å². The second-order valence-electron chi connectivity index (χ2n) is 3.80. The molecule has 14 heavy (non-hydrogen) atoms. The largest absolute Gasteiger partial charge is 0.465 e. The molecule has 0 rings (SSSR count). The molecule has 1 atom stereocenters. The van der Waals surface area contributed by atoms with Gasteiger partial charge in [-0.05, 0) is 12.3 Å². The summed E-state index contributed by atoms with van der Waals surface area (Å²) in [6.45, 7) is 2.18. The molecule has 0 radical (unpaired) electrons. The lowest BCUT2D eigenvalue weighted by Crippen LogP contribution is -2.11. The van der Waals surface area contributed by atoms with E-state index < -0.39 is 6.85 Å². The maximum Gasteiger partial charge on any atom is 0.305 e. The minimum atomic E-state index is -1.94. The molecule has 0 aromatic carbocycles. The molecule has 0 saturated heterocycles. The Bertz CT molecular complexity index is 214. The zero-order valence-corrected chi connectivity index (χ0v) is 9.34. The molecule has 0 aromatic heterocycles. The average molecular weight is 203 g/mol. The van der Waals surface area contributed by atoms with Crippen LogP contribution in [-0.2, 0) is 9.53 Å². The van der Waals surface area contributed by atoms with E-state index in [0.29, 0.717) is 6.42 Å². The molecule has 0 heterocycles. The van der Waals surface area contributed by atoms with E-state index in [2.05, 4.69) is 6.92 Å². The molecule has 0 aliphatic rings. The van der Waals surface area contributed by atoms with Gasteiger partial charge in [-0.1, -0.05) is 46.4 Å². The molecule has 0 N–H and O–H groups in total. The maximum atomic E-state index is 11.3. The number of ether oxygens (including phenoxy) is 1. The predicted octanol–water partition coefficient (Wildman–Crippen LogP) is 3.55. The van der Waals surface area contributed by atoms with Crippen molar-refractivity contribution in [3.63, 3.8) is 0 Å². The quantitative estimate of drug-likeness (QED) is 0.445. The van der Waals surface area contributed by atoms with Crippen LogP contribution in [0, 0.1) is 5.92 Å². The molecule has 0 aliphatic carbocycles. The monoisotopic (exact) mass is 203 g/mol. The summed E-state index contributed by atoms with van der Waals surface area (Å²) in [5.41, 5.74) is 0. The van der Waals surface area contributed by atoms with Crippen molar-refractivity contribution < 1.29 is 13.6 Å². The van der Waals surface area contributed by atoms with Crippen molar-refractivity contribution in [3.8, 4) is 0 Å². The van der Waals surface area contributed by atoms with Gasteiger partial charge < -0.3 is 4.74 Å². The molecule has 84 valence electrons. The number of rotatable bonds is 8. The van der Waals surface area contributed by atoms with Crippen LogP contribution >= 0.6 is 0 Å². The van der Waals surface area contributed by atoms with Gasteiger partial charge in [0.2, 0.25) is 0 Å². The molecule has 2 nitrogen and oxygen atoms in total. The molecular formula is C12H24O2. The first-order valence-corrected chi connectivity index (χ1v) is 5.50. The van der Waals surface area contributed by atoms with Gasteiger partial charge in [-0.3, -0.25) is 4.79 Å². The Morgan fingerprint density at radius 3 is 2.86 bits per heavy atom. The van der Waals surface area contributed by atoms with Crippen LogP contribution in [0.15, 0.2) is 0 Å². The Balaban J connectivity index is 3.56. The molecule has 0 amide bonds. The molecule has 0 saturated carbocycles. The highest BCUT2D eigenvalue weighted by molar-refractivity contribution is 5.69. The molecule has 0 fully saturated rings. The van der Waals surface area contributed by atoms with Gasteiger partial charge in [-0.15, -0.1) is 0 Å². The number of hydrogen-bond donors (Lipinski definition) is 0. The fourth-order valence-electron chi connectivity index (χ4n) is 1.06. The fourth-order valence-corrected chi connectivity index (χ4v) is 1.06. The summed E-state index contributed by atoms with van der Waals surface area (Å²) in [5, 5.41) is 0. The van der Waals surface area contributed by atoms with Gasteiger partial charge in [-0.2, -0.15) is 0 Å². The molecule has 0 spiro atoms. The van der Waals surface area contributed by atoms with Crippen LogP contribution in [-0.4, -0.2) is 12.6 Å². The highest BCUT2D eigenvalue weighted by Crippen LogP contribution is 2.05. The second kappa shape index (κ2) is 9.04. The van der Waals surface area contributed by atoms with Crippen LogP contribution < -0.4 is 0 Å². The smallest absolute Gasteiger partial charge is 0.305 e. The summed E-state index contributed by atoms with van der Waals surface area (Å²) < 4.78 is 26.3. The average Bonchev–Trinajstić information content (AvgIpc) is 2.19. The maximum absolute atomic E-state index is 11.3. The van der Waals surface area contributed by atoms with E-state index in [1.54, 1.807) is 6.92 Å². The zero-order chi connectivity index (χ0) is 13.3. The number of unbranched alkanes of at least 4 members (excludes halogenated alkanes) is 3. The minimum absolute atomic E-state index is 0.0934. The Morgan fingerprint density at radius 1 is 1.43 bits per heavy atom. The van der Waals surface area contributed by atoms with Gasteiger partial charge in [0.15, 0.2) is 0 Å². The second-order valence-corrected chi connectivity index (χ2v) is 3.80. The van der Waals surface area contributed by atoms with Gasteiger partial charge in [0, 0.05) is 10.5 Å². The van der Waals surface area contributed by atoms with E-state index in [-0.39, 0.29) is 24.9 Å². The zero-order valence-electron chi connectivity index (χ0n) is 12.3. The lowest BCUT2D eigenvalue weighted by atomic mass is 10.1. The standard InChI is InChI=1S/C12H24O2/c1-4-6-7-8-9-12(13)14-10-11(3)5-2/h11H,4-10H2,1-3H3/i2D3. The summed E-state index contributed by atoms with van der Waals surface area (Å²) >= 11 is 0. The van der Waals surface area contributed by atoms with Crippen molar-refractivity contribution in [2.24, 2.45) is 5.92 Å². The Morgan fingerprint density at radius 2 is 2.21 bits per heavy atom. The van der Waals surface area contributed by atoms with Crippen LogP contribution in [0.1, 0.15) is 63.3 Å². The van der Waals surface area contributed by atoms with Crippen molar-refractivity contribution in [2.75, 3.05) is 6.61 Å². The van der Waals surface area contributed by atoms with E-state index >= 15 is 0 Å². The molecular weight excluding hydrogens is 176 g/mol. The first-order chi connectivity index (χ1) is 7.85. The minimum Gasteiger partial charge on any atom is -0.465 e. The third kappa shape index (κ3) is 8.09. The lowest BCUT2D eigenvalue weighted by Gasteiger charge is -2.09. The van der Waals surface area contributed by atoms with Crippen LogP contribution in [0.5, 0.6) is 0 Å². The van der Waals surface area contributed by atoms with Crippen LogP contribution in [0.25, 0.3) is 0 Å². The van der Waals surface area contributed by atoms with E-state index in [0.717, 1.165) is 25.7 Å². The van der Waals surface area contributed by atoms with E-state index in [1.165, 1.54) is 0 Å². The summed E-state index contributed by atoms with van der Waals surface area (Å²) in [5.74, 6) is -0.319. The Labute approximate surface area is 92.2 Å². The van der Waals surface area contributed by atoms with E-state index in [1.807, 2.05) is 0 Å². The molecule has 0 aliphatic heterocycles. The summed E-state index contributed by atoms with van der Waals surface area (Å²) in [6, 6.07) is 0. The summed E-state index contributed by atoms with van der Waals surface area (Å²) in [7, 11) is 0. The van der Waals surface area contributed by atoms with Gasteiger partial charge in [-0.25, -0.2) is 0 Å². The first-order valence-electron chi connectivity index (χ1n) is 7.00. The molecule has 2 heteroatoms. The van der Waals surface area contributed by atoms with Crippen molar-refractivity contribution in [1.82, 2.24) is 0 Å². The third-order valence-electron chi connectivity index (χ3n) is 2.11. The Hall–Kier alpha value is -0.530. The fraction of sp³-hybridized carbons (Fsp3) is 0.917. The van der Waals surface area contributed by atoms with E-state index in [9.17, 15) is 4.79 Å². The third-order valence-corrected chi connectivity index (χ3v) is 2.11. The van der Waals surface area contributed by atoms with Crippen molar-refractivity contribution >= 4 is 5.97 Å². The number of hydrogen-bond acceptors (Lipinski definition) is 2. The molecule has 0 bridgehead atoms. The van der Waals surface area contributed by atoms with Crippen LogP contribution in [0.3, 0.4) is 0 Å². The summed E-state index contributed by atoms with van der Waals surface area (Å²) in [4.78, 5) is 11.3. The highest BCUT2D eigenvalue weighted by Gasteiger charge is 2.05. The van der Waals surface area contributed by atoms with Crippen molar-refractivity contribution in [3.05, 3.63) is 0 Å². The van der Waals surface area contributed by atoms with Crippen molar-refractivity contribution in [2.45, 2.75) is 59.2 Å².